The van der Waals surface area contributed by atoms with Gasteiger partial charge in [-0.15, -0.1) is 0 Å². The second kappa shape index (κ2) is 5.33. The molecule has 2 spiro atoms. The van der Waals surface area contributed by atoms with Gasteiger partial charge in [0.15, 0.2) is 0 Å². The van der Waals surface area contributed by atoms with Crippen LogP contribution in [-0.2, 0) is 14.9 Å². The lowest BCUT2D eigenvalue weighted by molar-refractivity contribution is -0.118. The number of ether oxygens (including phenoxy) is 1. The van der Waals surface area contributed by atoms with Gasteiger partial charge in [0.25, 0.3) is 0 Å². The van der Waals surface area contributed by atoms with E-state index in [0.717, 1.165) is 55.2 Å². The van der Waals surface area contributed by atoms with Crippen LogP contribution in [0.4, 0.5) is 5.82 Å². The predicted octanol–water partition coefficient (Wildman–Crippen LogP) is 3.94. The Balaban J connectivity index is 1.25. The van der Waals surface area contributed by atoms with Crippen LogP contribution in [0.3, 0.4) is 0 Å². The molecule has 1 aliphatic heterocycles. The first-order valence-corrected chi connectivity index (χ1v) is 10.3. The van der Waals surface area contributed by atoms with E-state index < -0.39 is 0 Å². The minimum atomic E-state index is -0.294. The number of anilines is 1. The molecule has 5 heteroatoms. The number of nitrogens with zero attached hydrogens (tertiary/aromatic N) is 2. The van der Waals surface area contributed by atoms with Gasteiger partial charge < -0.3 is 10.1 Å². The molecule has 2 aromatic rings. The molecule has 3 aliphatic carbocycles. The molecular formula is C23H23N3O2. The summed E-state index contributed by atoms with van der Waals surface area (Å²) in [6, 6.07) is 10.8. The van der Waals surface area contributed by atoms with E-state index in [1.54, 1.807) is 0 Å². The zero-order chi connectivity index (χ0) is 19.0. The number of nitriles is 1. The third-order valence-electron chi connectivity index (χ3n) is 7.89. The number of amides is 1. The Kier molecular flexibility index (Phi) is 3.14. The summed E-state index contributed by atoms with van der Waals surface area (Å²) in [5.41, 5.74) is 1.24. The molecule has 0 unspecified atom stereocenters. The largest absolute Gasteiger partial charge is 0.381 e. The summed E-state index contributed by atoms with van der Waals surface area (Å²) >= 11 is 0. The molecule has 5 nitrogen and oxygen atoms in total. The maximum Gasteiger partial charge on any atom is 0.229 e. The average Bonchev–Trinajstić information content (AvgIpc) is 3.66. The fourth-order valence-corrected chi connectivity index (χ4v) is 5.59. The van der Waals surface area contributed by atoms with Gasteiger partial charge in [-0.3, -0.25) is 4.79 Å². The van der Waals surface area contributed by atoms with E-state index in [-0.39, 0.29) is 28.1 Å². The standard InChI is InChI=1S/C23H23N3O2/c24-14-23(13-22(23)3-4-22)17-2-1-15-12-25-19(10-16(15)9-17)26-20(27)18-11-21(18)5-7-28-8-6-21/h1-2,9-10,12,18H,3-8,11,13H2,(H,25,26,27)/t18-,23-/m0/s1. The predicted molar refractivity (Wildman–Crippen MR) is 105 cm³/mol. The topological polar surface area (TPSA) is 75.0 Å². The number of rotatable bonds is 3. The SMILES string of the molecule is N#C[C@]1(c2ccc3cnc(NC(=O)[C@@H]4CC45CCOCC5)cc3c2)CC12CC2. The molecule has 1 aromatic carbocycles. The van der Waals surface area contributed by atoms with Crippen LogP contribution in [-0.4, -0.2) is 24.1 Å². The smallest absolute Gasteiger partial charge is 0.229 e. The minimum absolute atomic E-state index is 0.0810. The number of carbonyl (C=O) groups excluding carboxylic acids is 1. The first-order valence-electron chi connectivity index (χ1n) is 10.3. The maximum atomic E-state index is 12.7. The molecule has 4 fully saturated rings. The van der Waals surface area contributed by atoms with E-state index in [1.165, 1.54) is 12.8 Å². The Morgan fingerprint density at radius 1 is 1.18 bits per heavy atom. The van der Waals surface area contributed by atoms with Gasteiger partial charge in [-0.25, -0.2) is 4.98 Å². The monoisotopic (exact) mass is 373 g/mol. The van der Waals surface area contributed by atoms with Gasteiger partial charge in [0.1, 0.15) is 5.82 Å². The quantitative estimate of drug-likeness (QED) is 0.884. The Morgan fingerprint density at radius 2 is 2.00 bits per heavy atom. The molecule has 142 valence electrons. The highest BCUT2D eigenvalue weighted by atomic mass is 16.5. The summed E-state index contributed by atoms with van der Waals surface area (Å²) in [6.45, 7) is 1.53. The number of pyridine rings is 1. The van der Waals surface area contributed by atoms with Crippen molar-refractivity contribution in [1.82, 2.24) is 4.98 Å². The van der Waals surface area contributed by atoms with Crippen LogP contribution in [0.5, 0.6) is 0 Å². The fourth-order valence-electron chi connectivity index (χ4n) is 5.59. The molecule has 2 atom stereocenters. The van der Waals surface area contributed by atoms with Gasteiger partial charge in [-0.2, -0.15) is 5.26 Å². The summed E-state index contributed by atoms with van der Waals surface area (Å²) in [6.07, 6.45) is 8.07. The number of aromatic nitrogens is 1. The Morgan fingerprint density at radius 3 is 2.71 bits per heavy atom. The molecule has 0 bridgehead atoms. The van der Waals surface area contributed by atoms with Crippen molar-refractivity contribution < 1.29 is 9.53 Å². The fraction of sp³-hybridized carbons (Fsp3) is 0.522. The van der Waals surface area contributed by atoms with Gasteiger partial charge in [-0.1, -0.05) is 12.1 Å². The highest BCUT2D eigenvalue weighted by molar-refractivity contribution is 5.96. The third kappa shape index (κ3) is 2.21. The molecule has 28 heavy (non-hydrogen) atoms. The molecule has 3 saturated carbocycles. The van der Waals surface area contributed by atoms with E-state index in [9.17, 15) is 10.1 Å². The number of hydrogen-bond acceptors (Lipinski definition) is 4. The Hall–Kier alpha value is -2.45. The lowest BCUT2D eigenvalue weighted by atomic mass is 9.92. The van der Waals surface area contributed by atoms with Crippen LogP contribution in [0.1, 0.15) is 44.1 Å². The Bertz CT molecular complexity index is 1050. The second-order valence-corrected chi connectivity index (χ2v) is 9.33. The van der Waals surface area contributed by atoms with Crippen molar-refractivity contribution >= 4 is 22.5 Å². The summed E-state index contributed by atoms with van der Waals surface area (Å²) in [4.78, 5) is 17.2. The lowest BCUT2D eigenvalue weighted by Crippen LogP contribution is -2.24. The van der Waals surface area contributed by atoms with Gasteiger partial charge in [0.05, 0.1) is 11.5 Å². The zero-order valence-electron chi connectivity index (χ0n) is 15.8. The molecule has 1 saturated heterocycles. The van der Waals surface area contributed by atoms with Crippen molar-refractivity contribution in [3.05, 3.63) is 36.0 Å². The second-order valence-electron chi connectivity index (χ2n) is 9.33. The van der Waals surface area contributed by atoms with Gasteiger partial charge >= 0.3 is 0 Å². The van der Waals surface area contributed by atoms with Crippen molar-refractivity contribution in [2.24, 2.45) is 16.7 Å². The van der Waals surface area contributed by atoms with E-state index in [0.29, 0.717) is 5.82 Å². The Labute approximate surface area is 164 Å². The first-order chi connectivity index (χ1) is 13.6. The first kappa shape index (κ1) is 16.5. The highest BCUT2D eigenvalue weighted by Gasteiger charge is 2.75. The van der Waals surface area contributed by atoms with E-state index in [1.807, 2.05) is 12.3 Å². The lowest BCUT2D eigenvalue weighted by Gasteiger charge is -2.22. The van der Waals surface area contributed by atoms with Crippen molar-refractivity contribution in [2.45, 2.75) is 43.9 Å². The van der Waals surface area contributed by atoms with E-state index >= 15 is 0 Å². The van der Waals surface area contributed by atoms with Crippen molar-refractivity contribution in [3.8, 4) is 6.07 Å². The highest BCUT2D eigenvalue weighted by Crippen LogP contribution is 2.78. The average molecular weight is 373 g/mol. The van der Waals surface area contributed by atoms with Crippen LogP contribution >= 0.6 is 0 Å². The summed E-state index contributed by atoms with van der Waals surface area (Å²) < 4.78 is 5.44. The number of benzene rings is 1. The van der Waals surface area contributed by atoms with Crippen LogP contribution in [0.2, 0.25) is 0 Å². The third-order valence-corrected chi connectivity index (χ3v) is 7.89. The van der Waals surface area contributed by atoms with Crippen LogP contribution in [0.15, 0.2) is 30.5 Å². The van der Waals surface area contributed by atoms with E-state index in [2.05, 4.69) is 34.6 Å². The maximum absolute atomic E-state index is 12.7. The zero-order valence-corrected chi connectivity index (χ0v) is 15.8. The molecule has 0 radical (unpaired) electrons. The molecule has 2 heterocycles. The number of hydrogen-bond donors (Lipinski definition) is 1. The molecule has 1 aromatic heterocycles. The number of nitrogens with one attached hydrogen (secondary N) is 1. The van der Waals surface area contributed by atoms with Crippen molar-refractivity contribution in [1.29, 1.82) is 5.26 Å². The van der Waals surface area contributed by atoms with Crippen molar-refractivity contribution in [3.63, 3.8) is 0 Å². The van der Waals surface area contributed by atoms with Crippen LogP contribution in [0, 0.1) is 28.1 Å². The van der Waals surface area contributed by atoms with E-state index in [4.69, 9.17) is 4.74 Å². The van der Waals surface area contributed by atoms with Crippen LogP contribution < -0.4 is 5.32 Å². The normalized spacial score (nSPS) is 30.8. The van der Waals surface area contributed by atoms with Crippen LogP contribution in [0.25, 0.3) is 10.8 Å². The van der Waals surface area contributed by atoms with Crippen molar-refractivity contribution in [2.75, 3.05) is 18.5 Å². The number of fused-ring (bicyclic) bond motifs is 1. The molecule has 6 rings (SSSR count). The summed E-state index contributed by atoms with van der Waals surface area (Å²) in [5.74, 6) is 0.771. The molecule has 1 amide bonds. The van der Waals surface area contributed by atoms with Gasteiger partial charge in [0.2, 0.25) is 5.91 Å². The summed E-state index contributed by atoms with van der Waals surface area (Å²) in [5, 5.41) is 14.9. The molecular weight excluding hydrogens is 350 g/mol. The van der Waals surface area contributed by atoms with Gasteiger partial charge in [-0.05, 0) is 72.4 Å². The number of carbonyl (C=O) groups is 1. The molecule has 1 N–H and O–H groups in total. The molecule has 4 aliphatic rings. The summed E-state index contributed by atoms with van der Waals surface area (Å²) in [7, 11) is 0. The minimum Gasteiger partial charge on any atom is -0.381 e. The van der Waals surface area contributed by atoms with Gasteiger partial charge in [0, 0.05) is 30.7 Å².